The highest BCUT2D eigenvalue weighted by molar-refractivity contribution is 5.84. The minimum absolute atomic E-state index is 0.00287. The standard InChI is InChI=1S/C16H30N2O2/c1-5-12(4)14-16(19)18(15(17-14)11(2)3)9-8-13-7-6-10-20-13/h11-15,17H,5-10H2,1-4H3. The third-order valence-corrected chi connectivity index (χ3v) is 4.80. The minimum Gasteiger partial charge on any atom is -0.378 e. The SMILES string of the molecule is CCC(C)C1NC(C(C)C)N(CCC2CCCO2)C1=O. The number of nitrogens with zero attached hydrogens (tertiary/aromatic N) is 1. The average Bonchev–Trinajstić information content (AvgIpc) is 3.03. The number of hydrogen-bond acceptors (Lipinski definition) is 3. The van der Waals surface area contributed by atoms with Gasteiger partial charge in [0.2, 0.25) is 5.91 Å². The first-order valence-corrected chi connectivity index (χ1v) is 8.22. The number of carbonyl (C=O) groups excluding carboxylic acids is 1. The molecule has 0 radical (unpaired) electrons. The Morgan fingerprint density at radius 2 is 2.15 bits per heavy atom. The predicted molar refractivity (Wildman–Crippen MR) is 80.3 cm³/mol. The van der Waals surface area contributed by atoms with Gasteiger partial charge in [0.25, 0.3) is 0 Å². The summed E-state index contributed by atoms with van der Waals surface area (Å²) >= 11 is 0. The molecule has 0 aliphatic carbocycles. The molecule has 4 heteroatoms. The van der Waals surface area contributed by atoms with Gasteiger partial charge in [-0.2, -0.15) is 0 Å². The molecular formula is C16H30N2O2. The molecule has 0 aromatic carbocycles. The zero-order chi connectivity index (χ0) is 14.7. The fourth-order valence-electron chi connectivity index (χ4n) is 3.26. The van der Waals surface area contributed by atoms with Crippen LogP contribution in [0.2, 0.25) is 0 Å². The van der Waals surface area contributed by atoms with Crippen LogP contribution in [0.3, 0.4) is 0 Å². The third-order valence-electron chi connectivity index (χ3n) is 4.80. The highest BCUT2D eigenvalue weighted by atomic mass is 16.5. The molecule has 0 bridgehead atoms. The number of amides is 1. The van der Waals surface area contributed by atoms with Gasteiger partial charge in [0.05, 0.1) is 18.3 Å². The Kier molecular flexibility index (Phi) is 5.44. The lowest BCUT2D eigenvalue weighted by molar-refractivity contribution is -0.131. The number of hydrogen-bond donors (Lipinski definition) is 1. The maximum absolute atomic E-state index is 12.6. The lowest BCUT2D eigenvalue weighted by atomic mass is 9.99. The molecule has 20 heavy (non-hydrogen) atoms. The van der Waals surface area contributed by atoms with Crippen molar-refractivity contribution < 1.29 is 9.53 Å². The molecule has 2 fully saturated rings. The second-order valence-electron chi connectivity index (χ2n) is 6.67. The first-order valence-electron chi connectivity index (χ1n) is 8.22. The quantitative estimate of drug-likeness (QED) is 0.813. The molecule has 1 N–H and O–H groups in total. The molecular weight excluding hydrogens is 252 g/mol. The van der Waals surface area contributed by atoms with Crippen LogP contribution in [0, 0.1) is 11.8 Å². The lowest BCUT2D eigenvalue weighted by Crippen LogP contribution is -2.42. The van der Waals surface area contributed by atoms with Crippen molar-refractivity contribution in [3.8, 4) is 0 Å². The van der Waals surface area contributed by atoms with Crippen LogP contribution in [0.4, 0.5) is 0 Å². The van der Waals surface area contributed by atoms with E-state index in [4.69, 9.17) is 4.74 Å². The van der Waals surface area contributed by atoms with Crippen molar-refractivity contribution in [3.63, 3.8) is 0 Å². The number of nitrogens with one attached hydrogen (secondary N) is 1. The van der Waals surface area contributed by atoms with Gasteiger partial charge in [-0.05, 0) is 31.1 Å². The van der Waals surface area contributed by atoms with E-state index in [0.29, 0.717) is 17.9 Å². The van der Waals surface area contributed by atoms with E-state index in [0.717, 1.165) is 32.4 Å². The molecule has 4 unspecified atom stereocenters. The van der Waals surface area contributed by atoms with Crippen molar-refractivity contribution in [2.45, 2.75) is 71.7 Å². The summed E-state index contributed by atoms with van der Waals surface area (Å²) in [6, 6.07) is -0.00287. The molecule has 4 atom stereocenters. The highest BCUT2D eigenvalue weighted by Gasteiger charge is 2.42. The number of carbonyl (C=O) groups is 1. The zero-order valence-electron chi connectivity index (χ0n) is 13.4. The summed E-state index contributed by atoms with van der Waals surface area (Å²) < 4.78 is 5.68. The van der Waals surface area contributed by atoms with Gasteiger partial charge in [-0.3, -0.25) is 10.1 Å². The van der Waals surface area contributed by atoms with Crippen molar-refractivity contribution in [3.05, 3.63) is 0 Å². The van der Waals surface area contributed by atoms with Crippen LogP contribution >= 0.6 is 0 Å². The first kappa shape index (κ1) is 15.8. The van der Waals surface area contributed by atoms with Crippen molar-refractivity contribution in [1.29, 1.82) is 0 Å². The van der Waals surface area contributed by atoms with Crippen LogP contribution in [0.5, 0.6) is 0 Å². The summed E-state index contributed by atoms with van der Waals surface area (Å²) in [4.78, 5) is 14.7. The summed E-state index contributed by atoms with van der Waals surface area (Å²) in [6.45, 7) is 10.4. The molecule has 0 aromatic heterocycles. The van der Waals surface area contributed by atoms with Crippen molar-refractivity contribution >= 4 is 5.91 Å². The van der Waals surface area contributed by atoms with E-state index in [1.807, 2.05) is 0 Å². The van der Waals surface area contributed by atoms with Gasteiger partial charge in [0.1, 0.15) is 0 Å². The number of ether oxygens (including phenoxy) is 1. The highest BCUT2D eigenvalue weighted by Crippen LogP contribution is 2.25. The van der Waals surface area contributed by atoms with Crippen LogP contribution < -0.4 is 5.32 Å². The topological polar surface area (TPSA) is 41.6 Å². The van der Waals surface area contributed by atoms with E-state index in [2.05, 4.69) is 37.9 Å². The zero-order valence-corrected chi connectivity index (χ0v) is 13.4. The molecule has 2 rings (SSSR count). The predicted octanol–water partition coefficient (Wildman–Crippen LogP) is 2.38. The van der Waals surface area contributed by atoms with Gasteiger partial charge in [-0.25, -0.2) is 0 Å². The Morgan fingerprint density at radius 3 is 2.70 bits per heavy atom. The maximum Gasteiger partial charge on any atom is 0.241 e. The van der Waals surface area contributed by atoms with E-state index in [9.17, 15) is 4.79 Å². The average molecular weight is 282 g/mol. The molecule has 0 saturated carbocycles. The minimum atomic E-state index is -0.00287. The van der Waals surface area contributed by atoms with Gasteiger partial charge < -0.3 is 9.64 Å². The Hall–Kier alpha value is -0.610. The van der Waals surface area contributed by atoms with E-state index in [1.165, 1.54) is 6.42 Å². The monoisotopic (exact) mass is 282 g/mol. The molecule has 2 aliphatic rings. The normalized spacial score (nSPS) is 32.4. The smallest absolute Gasteiger partial charge is 0.241 e. The first-order chi connectivity index (χ1) is 9.54. The molecule has 1 amide bonds. The van der Waals surface area contributed by atoms with Crippen LogP contribution in [-0.2, 0) is 9.53 Å². The molecule has 4 nitrogen and oxygen atoms in total. The van der Waals surface area contributed by atoms with Crippen molar-refractivity contribution in [2.75, 3.05) is 13.2 Å². The molecule has 2 heterocycles. The summed E-state index contributed by atoms with van der Waals surface area (Å²) in [5.74, 6) is 1.13. The van der Waals surface area contributed by atoms with Gasteiger partial charge in [0.15, 0.2) is 0 Å². The molecule has 116 valence electrons. The van der Waals surface area contributed by atoms with E-state index in [-0.39, 0.29) is 18.1 Å². The van der Waals surface area contributed by atoms with Gasteiger partial charge >= 0.3 is 0 Å². The second kappa shape index (κ2) is 6.90. The van der Waals surface area contributed by atoms with Gasteiger partial charge in [-0.1, -0.05) is 34.1 Å². The molecule has 2 saturated heterocycles. The third kappa shape index (κ3) is 3.34. The Labute approximate surface area is 123 Å². The van der Waals surface area contributed by atoms with E-state index < -0.39 is 0 Å². The fraction of sp³-hybridized carbons (Fsp3) is 0.938. The van der Waals surface area contributed by atoms with E-state index in [1.54, 1.807) is 0 Å². The number of rotatable bonds is 6. The summed E-state index contributed by atoms with van der Waals surface area (Å²) in [5, 5.41) is 3.55. The summed E-state index contributed by atoms with van der Waals surface area (Å²) in [7, 11) is 0. The van der Waals surface area contributed by atoms with Crippen LogP contribution in [0.25, 0.3) is 0 Å². The van der Waals surface area contributed by atoms with Crippen molar-refractivity contribution in [2.24, 2.45) is 11.8 Å². The van der Waals surface area contributed by atoms with E-state index >= 15 is 0 Å². The summed E-state index contributed by atoms with van der Waals surface area (Å²) in [5.41, 5.74) is 0. The van der Waals surface area contributed by atoms with Crippen LogP contribution in [-0.4, -0.2) is 42.3 Å². The largest absolute Gasteiger partial charge is 0.378 e. The van der Waals surface area contributed by atoms with Crippen LogP contribution in [0.1, 0.15) is 53.4 Å². The molecule has 2 aliphatic heterocycles. The molecule has 0 spiro atoms. The second-order valence-corrected chi connectivity index (χ2v) is 6.67. The fourth-order valence-corrected chi connectivity index (χ4v) is 3.26. The van der Waals surface area contributed by atoms with Crippen LogP contribution in [0.15, 0.2) is 0 Å². The Balaban J connectivity index is 1.97. The van der Waals surface area contributed by atoms with Gasteiger partial charge in [0, 0.05) is 13.2 Å². The Bertz CT molecular complexity index is 326. The maximum atomic E-state index is 12.6. The Morgan fingerprint density at radius 1 is 1.40 bits per heavy atom. The summed E-state index contributed by atoms with van der Waals surface area (Å²) in [6.07, 6.45) is 4.87. The molecule has 0 aromatic rings. The van der Waals surface area contributed by atoms with Gasteiger partial charge in [-0.15, -0.1) is 0 Å². The lowest BCUT2D eigenvalue weighted by Gasteiger charge is -2.28. The van der Waals surface area contributed by atoms with Crippen molar-refractivity contribution in [1.82, 2.24) is 10.2 Å².